The molecular weight excluding hydrogens is 309 g/mol. The summed E-state index contributed by atoms with van der Waals surface area (Å²) < 4.78 is 13.5. The number of oxime groups is 1. The second-order valence-corrected chi connectivity index (χ2v) is 4.79. The van der Waals surface area contributed by atoms with Gasteiger partial charge in [-0.25, -0.2) is 9.38 Å². The summed E-state index contributed by atoms with van der Waals surface area (Å²) in [5.74, 6) is -0.785. The molecule has 0 aliphatic rings. The van der Waals surface area contributed by atoms with Crippen LogP contribution in [-0.2, 0) is 0 Å². The first-order chi connectivity index (χ1) is 10.6. The Morgan fingerprint density at radius 1 is 1.32 bits per heavy atom. The van der Waals surface area contributed by atoms with Gasteiger partial charge in [0.15, 0.2) is 11.6 Å². The van der Waals surface area contributed by atoms with E-state index in [-0.39, 0.29) is 11.8 Å². The third-order valence-electron chi connectivity index (χ3n) is 2.35. The number of hydrogen-bond acceptors (Lipinski definition) is 5. The van der Waals surface area contributed by atoms with Crippen LogP contribution in [0.3, 0.4) is 0 Å². The van der Waals surface area contributed by atoms with Gasteiger partial charge in [-0.2, -0.15) is 9.97 Å². The lowest BCUT2D eigenvalue weighted by Gasteiger charge is -2.03. The van der Waals surface area contributed by atoms with Crippen LogP contribution in [0.5, 0.6) is 6.01 Å². The molecule has 0 unspecified atom stereocenters. The first-order valence-corrected chi connectivity index (χ1v) is 6.62. The standard InChI is InChI=1S/C14H13ClFN5O/c1-21(2)9-18-13-12(16)8-17-14(20-13)22-19-7-10-5-3-4-6-11(10)15/h3-9H,1-2H3/b18-9?,19-7+. The number of benzene rings is 1. The molecule has 6 nitrogen and oxygen atoms in total. The first kappa shape index (κ1) is 15.8. The molecule has 8 heteroatoms. The van der Waals surface area contributed by atoms with Crippen molar-refractivity contribution < 1.29 is 9.23 Å². The van der Waals surface area contributed by atoms with Crippen LogP contribution in [-0.4, -0.2) is 41.5 Å². The Morgan fingerprint density at radius 2 is 2.09 bits per heavy atom. The molecular formula is C14H13ClFN5O. The van der Waals surface area contributed by atoms with E-state index in [1.54, 1.807) is 37.2 Å². The molecule has 114 valence electrons. The van der Waals surface area contributed by atoms with E-state index in [0.717, 1.165) is 6.20 Å². The van der Waals surface area contributed by atoms with Crippen LogP contribution in [0.2, 0.25) is 5.02 Å². The van der Waals surface area contributed by atoms with Crippen molar-refractivity contribution in [3.05, 3.63) is 46.9 Å². The van der Waals surface area contributed by atoms with Crippen molar-refractivity contribution in [2.24, 2.45) is 10.1 Å². The Bertz CT molecular complexity index is 705. The minimum atomic E-state index is -0.652. The minimum absolute atomic E-state index is 0.115. The van der Waals surface area contributed by atoms with Gasteiger partial charge in [-0.1, -0.05) is 35.0 Å². The Hall–Kier alpha value is -2.54. The van der Waals surface area contributed by atoms with Crippen molar-refractivity contribution in [1.29, 1.82) is 0 Å². The summed E-state index contributed by atoms with van der Waals surface area (Å²) in [5.41, 5.74) is 0.678. The highest BCUT2D eigenvalue weighted by Crippen LogP contribution is 2.16. The third kappa shape index (κ3) is 4.49. The highest BCUT2D eigenvalue weighted by atomic mass is 35.5. The lowest BCUT2D eigenvalue weighted by molar-refractivity contribution is 0.313. The van der Waals surface area contributed by atoms with E-state index >= 15 is 0 Å². The maximum Gasteiger partial charge on any atom is 0.347 e. The van der Waals surface area contributed by atoms with E-state index in [0.29, 0.717) is 10.6 Å². The van der Waals surface area contributed by atoms with Gasteiger partial charge in [0.05, 0.1) is 18.7 Å². The molecule has 0 saturated heterocycles. The molecule has 0 atom stereocenters. The van der Waals surface area contributed by atoms with Gasteiger partial charge in [-0.05, 0) is 6.07 Å². The molecule has 0 bridgehead atoms. The zero-order valence-corrected chi connectivity index (χ0v) is 12.7. The van der Waals surface area contributed by atoms with Gasteiger partial charge in [-0.3, -0.25) is 0 Å². The van der Waals surface area contributed by atoms with E-state index in [4.69, 9.17) is 16.4 Å². The zero-order chi connectivity index (χ0) is 15.9. The summed E-state index contributed by atoms with van der Waals surface area (Å²) in [7, 11) is 3.52. The van der Waals surface area contributed by atoms with Gasteiger partial charge in [-0.15, -0.1) is 0 Å². The maximum absolute atomic E-state index is 13.5. The highest BCUT2D eigenvalue weighted by molar-refractivity contribution is 6.33. The number of rotatable bonds is 5. The summed E-state index contributed by atoms with van der Waals surface area (Å²) in [6, 6.07) is 7.00. The molecule has 0 saturated carbocycles. The molecule has 0 N–H and O–H groups in total. The molecule has 1 aromatic carbocycles. The van der Waals surface area contributed by atoms with Crippen molar-refractivity contribution in [3.8, 4) is 6.01 Å². The Kier molecular flexibility index (Phi) is 5.37. The molecule has 0 amide bonds. The zero-order valence-electron chi connectivity index (χ0n) is 11.9. The van der Waals surface area contributed by atoms with E-state index in [9.17, 15) is 4.39 Å². The number of hydrogen-bond donors (Lipinski definition) is 0. The van der Waals surface area contributed by atoms with Crippen molar-refractivity contribution >= 4 is 30.0 Å². The van der Waals surface area contributed by atoms with Crippen LogP contribution in [0, 0.1) is 5.82 Å². The molecule has 1 aromatic heterocycles. The molecule has 2 rings (SSSR count). The monoisotopic (exact) mass is 321 g/mol. The molecule has 1 heterocycles. The predicted octanol–water partition coefficient (Wildman–Crippen LogP) is 2.90. The van der Waals surface area contributed by atoms with Crippen LogP contribution >= 0.6 is 11.6 Å². The van der Waals surface area contributed by atoms with E-state index in [1.807, 2.05) is 6.07 Å². The van der Waals surface area contributed by atoms with E-state index in [2.05, 4.69) is 20.1 Å². The Labute approximate surface area is 131 Å². The topological polar surface area (TPSA) is 63.0 Å². The number of nitrogens with zero attached hydrogens (tertiary/aromatic N) is 5. The van der Waals surface area contributed by atoms with Gasteiger partial charge >= 0.3 is 6.01 Å². The van der Waals surface area contributed by atoms with Crippen LogP contribution < -0.4 is 4.84 Å². The fourth-order valence-corrected chi connectivity index (χ4v) is 1.54. The van der Waals surface area contributed by atoms with Gasteiger partial charge < -0.3 is 9.74 Å². The van der Waals surface area contributed by atoms with Crippen LogP contribution in [0.4, 0.5) is 10.2 Å². The second-order valence-electron chi connectivity index (χ2n) is 4.38. The summed E-state index contributed by atoms with van der Waals surface area (Å²) in [4.78, 5) is 18.0. The van der Waals surface area contributed by atoms with Gasteiger partial charge in [0.2, 0.25) is 0 Å². The van der Waals surface area contributed by atoms with Gasteiger partial charge in [0.1, 0.15) is 0 Å². The molecule has 22 heavy (non-hydrogen) atoms. The van der Waals surface area contributed by atoms with Gasteiger partial charge in [0.25, 0.3) is 0 Å². The lowest BCUT2D eigenvalue weighted by atomic mass is 10.2. The van der Waals surface area contributed by atoms with Gasteiger partial charge in [0, 0.05) is 24.7 Å². The summed E-state index contributed by atoms with van der Waals surface area (Å²) in [6.45, 7) is 0. The van der Waals surface area contributed by atoms with Crippen molar-refractivity contribution in [1.82, 2.24) is 14.9 Å². The second kappa shape index (κ2) is 7.46. The molecule has 2 aromatic rings. The fourth-order valence-electron chi connectivity index (χ4n) is 1.36. The number of halogens is 2. The minimum Gasteiger partial charge on any atom is -0.369 e. The van der Waals surface area contributed by atoms with E-state index in [1.165, 1.54) is 12.6 Å². The van der Waals surface area contributed by atoms with E-state index < -0.39 is 5.82 Å². The Morgan fingerprint density at radius 3 is 2.82 bits per heavy atom. The molecule has 0 radical (unpaired) electrons. The van der Waals surface area contributed by atoms with Crippen LogP contribution in [0.1, 0.15) is 5.56 Å². The predicted molar refractivity (Wildman–Crippen MR) is 83.5 cm³/mol. The molecule has 0 spiro atoms. The average Bonchev–Trinajstić information content (AvgIpc) is 2.49. The number of aromatic nitrogens is 2. The largest absolute Gasteiger partial charge is 0.369 e. The summed E-state index contributed by atoms with van der Waals surface area (Å²) >= 11 is 5.97. The fraction of sp³-hybridized carbons (Fsp3) is 0.143. The summed E-state index contributed by atoms with van der Waals surface area (Å²) in [5, 5.41) is 4.25. The quantitative estimate of drug-likeness (QED) is 0.482. The van der Waals surface area contributed by atoms with Crippen molar-refractivity contribution in [3.63, 3.8) is 0 Å². The SMILES string of the molecule is CN(C)C=Nc1nc(O/N=C/c2ccccc2Cl)ncc1F. The smallest absolute Gasteiger partial charge is 0.347 e. The molecule has 0 aliphatic heterocycles. The molecule has 0 aliphatic carbocycles. The summed E-state index contributed by atoms with van der Waals surface area (Å²) in [6.07, 6.45) is 3.80. The Balaban J connectivity index is 2.10. The van der Waals surface area contributed by atoms with Crippen molar-refractivity contribution in [2.75, 3.05) is 14.1 Å². The van der Waals surface area contributed by atoms with Crippen molar-refractivity contribution in [2.45, 2.75) is 0 Å². The highest BCUT2D eigenvalue weighted by Gasteiger charge is 2.06. The number of aliphatic imine (C=N–C) groups is 1. The lowest BCUT2D eigenvalue weighted by Crippen LogP contribution is -2.07. The normalized spacial score (nSPS) is 11.3. The van der Waals surface area contributed by atoms with Crippen LogP contribution in [0.25, 0.3) is 0 Å². The van der Waals surface area contributed by atoms with Crippen LogP contribution in [0.15, 0.2) is 40.6 Å². The third-order valence-corrected chi connectivity index (χ3v) is 2.69. The maximum atomic E-state index is 13.5. The molecule has 0 fully saturated rings. The average molecular weight is 322 g/mol. The first-order valence-electron chi connectivity index (χ1n) is 6.24.